The lowest BCUT2D eigenvalue weighted by atomic mass is 10.1. The van der Waals surface area contributed by atoms with E-state index < -0.39 is 5.97 Å². The third kappa shape index (κ3) is 4.27. The highest BCUT2D eigenvalue weighted by atomic mass is 32.1. The minimum Gasteiger partial charge on any atom is -0.481 e. The minimum absolute atomic E-state index is 0.0851. The fraction of sp³-hybridized carbons (Fsp3) is 0.333. The Morgan fingerprint density at radius 2 is 2.05 bits per heavy atom. The first-order valence-electron chi connectivity index (χ1n) is 6.81. The number of aromatic amines is 1. The normalized spacial score (nSPS) is 11.0. The van der Waals surface area contributed by atoms with Crippen LogP contribution in [0.2, 0.25) is 0 Å². The van der Waals surface area contributed by atoms with E-state index in [0.717, 1.165) is 22.7 Å². The van der Waals surface area contributed by atoms with E-state index in [0.29, 0.717) is 13.1 Å². The second kappa shape index (κ2) is 7.19. The molecule has 0 aliphatic carbocycles. The lowest BCUT2D eigenvalue weighted by Gasteiger charge is -2.19. The molecule has 0 aliphatic rings. The number of H-pyrrole nitrogens is 1. The molecule has 0 spiro atoms. The molecule has 0 amide bonds. The summed E-state index contributed by atoms with van der Waals surface area (Å²) < 4.78 is 0. The second-order valence-corrected chi connectivity index (χ2v) is 5.76. The van der Waals surface area contributed by atoms with E-state index in [-0.39, 0.29) is 11.3 Å². The molecule has 0 bridgehead atoms. The highest BCUT2D eigenvalue weighted by molar-refractivity contribution is 7.09. The zero-order chi connectivity index (χ0) is 15.2. The van der Waals surface area contributed by atoms with Crippen molar-refractivity contribution in [1.29, 1.82) is 0 Å². The molecule has 21 heavy (non-hydrogen) atoms. The molecule has 0 radical (unpaired) electrons. The van der Waals surface area contributed by atoms with Crippen molar-refractivity contribution in [3.05, 3.63) is 44.9 Å². The van der Waals surface area contributed by atoms with Crippen LogP contribution in [-0.2, 0) is 11.3 Å². The third-order valence-electron chi connectivity index (χ3n) is 3.24. The zero-order valence-electron chi connectivity index (χ0n) is 11.8. The van der Waals surface area contributed by atoms with Crippen LogP contribution in [0.5, 0.6) is 0 Å². The summed E-state index contributed by atoms with van der Waals surface area (Å²) >= 11 is 1.19. The van der Waals surface area contributed by atoms with Gasteiger partial charge in [0.15, 0.2) is 0 Å². The molecule has 112 valence electrons. The molecular formula is C15H18N2O3S. The van der Waals surface area contributed by atoms with Gasteiger partial charge < -0.3 is 10.1 Å². The van der Waals surface area contributed by atoms with Crippen LogP contribution >= 0.6 is 11.3 Å². The van der Waals surface area contributed by atoms with Crippen LogP contribution in [0.3, 0.4) is 0 Å². The fourth-order valence-corrected chi connectivity index (χ4v) is 3.01. The number of nitrogens with one attached hydrogen (secondary N) is 1. The van der Waals surface area contributed by atoms with Gasteiger partial charge in [-0.15, -0.1) is 0 Å². The molecule has 2 N–H and O–H groups in total. The first-order chi connectivity index (χ1) is 10.1. The molecule has 2 aromatic rings. The zero-order valence-corrected chi connectivity index (χ0v) is 12.7. The molecule has 1 aromatic heterocycles. The number of rotatable bonds is 7. The van der Waals surface area contributed by atoms with Gasteiger partial charge in [0, 0.05) is 18.0 Å². The maximum atomic E-state index is 11.7. The number of nitrogens with zero attached hydrogens (tertiary/aromatic N) is 1. The van der Waals surface area contributed by atoms with E-state index in [1.807, 2.05) is 42.2 Å². The van der Waals surface area contributed by atoms with Crippen molar-refractivity contribution in [2.45, 2.75) is 19.9 Å². The largest absolute Gasteiger partial charge is 0.481 e. The van der Waals surface area contributed by atoms with Crippen molar-refractivity contribution in [2.75, 3.05) is 13.1 Å². The number of thiazole rings is 1. The van der Waals surface area contributed by atoms with Gasteiger partial charge in [-0.05, 0) is 12.1 Å². The molecule has 2 rings (SSSR count). The molecular weight excluding hydrogens is 288 g/mol. The number of carbonyl (C=O) groups is 1. The predicted molar refractivity (Wildman–Crippen MR) is 83.6 cm³/mol. The number of aliphatic carboxylic acids is 1. The molecule has 5 nitrogen and oxygen atoms in total. The van der Waals surface area contributed by atoms with Gasteiger partial charge in [-0.3, -0.25) is 14.5 Å². The number of hydrogen-bond acceptors (Lipinski definition) is 4. The van der Waals surface area contributed by atoms with Crippen LogP contribution < -0.4 is 4.87 Å². The summed E-state index contributed by atoms with van der Waals surface area (Å²) in [6.45, 7) is 3.79. The van der Waals surface area contributed by atoms with E-state index >= 15 is 0 Å². The topological polar surface area (TPSA) is 73.4 Å². The van der Waals surface area contributed by atoms with Gasteiger partial charge in [-0.1, -0.05) is 48.6 Å². The molecule has 0 saturated carbocycles. The first-order valence-corrected chi connectivity index (χ1v) is 7.63. The van der Waals surface area contributed by atoms with Gasteiger partial charge in [0.25, 0.3) is 0 Å². The number of carboxylic acid groups (broad SMARTS) is 1. The Kier molecular flexibility index (Phi) is 5.30. The summed E-state index contributed by atoms with van der Waals surface area (Å²) in [4.78, 5) is 28.1. The average molecular weight is 306 g/mol. The monoisotopic (exact) mass is 306 g/mol. The Morgan fingerprint density at radius 3 is 2.67 bits per heavy atom. The maximum Gasteiger partial charge on any atom is 0.305 e. The molecule has 0 fully saturated rings. The first kappa shape index (κ1) is 15.5. The Bertz CT molecular complexity index is 648. The minimum atomic E-state index is -0.806. The van der Waals surface area contributed by atoms with Gasteiger partial charge in [-0.25, -0.2) is 0 Å². The molecule has 1 aromatic carbocycles. The van der Waals surface area contributed by atoms with Crippen molar-refractivity contribution in [3.63, 3.8) is 0 Å². The van der Waals surface area contributed by atoms with Crippen molar-refractivity contribution in [2.24, 2.45) is 0 Å². The third-order valence-corrected chi connectivity index (χ3v) is 4.11. The van der Waals surface area contributed by atoms with Crippen LogP contribution in [0.4, 0.5) is 0 Å². The smallest absolute Gasteiger partial charge is 0.305 e. The lowest BCUT2D eigenvalue weighted by molar-refractivity contribution is -0.137. The fourth-order valence-electron chi connectivity index (χ4n) is 2.12. The van der Waals surface area contributed by atoms with Gasteiger partial charge in [-0.2, -0.15) is 0 Å². The molecule has 0 atom stereocenters. The van der Waals surface area contributed by atoms with Gasteiger partial charge in [0.05, 0.1) is 12.1 Å². The number of aromatic nitrogens is 1. The highest BCUT2D eigenvalue weighted by Gasteiger charge is 2.14. The summed E-state index contributed by atoms with van der Waals surface area (Å²) in [6, 6.07) is 9.69. The highest BCUT2D eigenvalue weighted by Crippen LogP contribution is 2.24. The second-order valence-electron chi connectivity index (χ2n) is 4.69. The van der Waals surface area contributed by atoms with Crippen LogP contribution in [-0.4, -0.2) is 34.0 Å². The molecule has 1 heterocycles. The number of carboxylic acids is 1. The summed E-state index contributed by atoms with van der Waals surface area (Å²) in [5, 5.41) is 8.78. The van der Waals surface area contributed by atoms with Crippen LogP contribution in [0.15, 0.2) is 35.1 Å². The Labute approximate surface area is 126 Å². The van der Waals surface area contributed by atoms with Gasteiger partial charge in [0.1, 0.15) is 0 Å². The summed E-state index contributed by atoms with van der Waals surface area (Å²) in [7, 11) is 0. The quantitative estimate of drug-likeness (QED) is 0.824. The van der Waals surface area contributed by atoms with Crippen LogP contribution in [0, 0.1) is 0 Å². The Morgan fingerprint density at radius 1 is 1.33 bits per heavy atom. The average Bonchev–Trinajstić information content (AvgIpc) is 2.85. The number of benzene rings is 1. The van der Waals surface area contributed by atoms with E-state index in [1.54, 1.807) is 0 Å². The lowest BCUT2D eigenvalue weighted by Crippen LogP contribution is -2.25. The van der Waals surface area contributed by atoms with Crippen molar-refractivity contribution in [1.82, 2.24) is 9.88 Å². The Hall–Kier alpha value is -1.92. The van der Waals surface area contributed by atoms with E-state index in [2.05, 4.69) is 4.98 Å². The van der Waals surface area contributed by atoms with Gasteiger partial charge in [0.2, 0.25) is 0 Å². The van der Waals surface area contributed by atoms with Gasteiger partial charge >= 0.3 is 10.8 Å². The molecule has 0 unspecified atom stereocenters. The SMILES string of the molecule is CCN(CCC(=O)O)Cc1sc(=O)[nH]c1-c1ccccc1. The molecule has 0 aliphatic heterocycles. The van der Waals surface area contributed by atoms with Crippen LogP contribution in [0.25, 0.3) is 11.3 Å². The van der Waals surface area contributed by atoms with Crippen molar-refractivity contribution in [3.8, 4) is 11.3 Å². The number of hydrogen-bond donors (Lipinski definition) is 2. The van der Waals surface area contributed by atoms with E-state index in [4.69, 9.17) is 5.11 Å². The summed E-state index contributed by atoms with van der Waals surface area (Å²) in [5.41, 5.74) is 1.81. The predicted octanol–water partition coefficient (Wildman–Crippen LogP) is 2.40. The van der Waals surface area contributed by atoms with Crippen LogP contribution in [0.1, 0.15) is 18.2 Å². The van der Waals surface area contributed by atoms with E-state index in [1.165, 1.54) is 11.3 Å². The summed E-state index contributed by atoms with van der Waals surface area (Å²) in [5.74, 6) is -0.806. The summed E-state index contributed by atoms with van der Waals surface area (Å²) in [6.07, 6.45) is 0.105. The van der Waals surface area contributed by atoms with E-state index in [9.17, 15) is 9.59 Å². The Balaban J connectivity index is 2.20. The molecule has 6 heteroatoms. The standard InChI is InChI=1S/C15H18N2O3S/c1-2-17(9-8-13(18)19)10-12-14(16-15(20)21-12)11-6-4-3-5-7-11/h3-7H,2,8-10H2,1H3,(H,16,20)(H,18,19). The van der Waals surface area contributed by atoms with Crippen molar-refractivity contribution >= 4 is 17.3 Å². The van der Waals surface area contributed by atoms with Crippen molar-refractivity contribution < 1.29 is 9.90 Å². The molecule has 0 saturated heterocycles. The maximum absolute atomic E-state index is 11.7.